The van der Waals surface area contributed by atoms with Gasteiger partial charge in [0.2, 0.25) is 0 Å². The summed E-state index contributed by atoms with van der Waals surface area (Å²) in [6.45, 7) is 3.39. The van der Waals surface area contributed by atoms with Gasteiger partial charge in [0.05, 0.1) is 24.9 Å². The second-order valence-electron chi connectivity index (χ2n) is 6.52. The van der Waals surface area contributed by atoms with Gasteiger partial charge in [-0.25, -0.2) is 0 Å². The Kier molecular flexibility index (Phi) is 5.81. The predicted octanol–water partition coefficient (Wildman–Crippen LogP) is 1.90. The Labute approximate surface area is 143 Å². The van der Waals surface area contributed by atoms with E-state index >= 15 is 0 Å². The maximum absolute atomic E-state index is 12.5. The van der Waals surface area contributed by atoms with Crippen molar-refractivity contribution < 1.29 is 19.0 Å². The fourth-order valence-corrected chi connectivity index (χ4v) is 3.54. The van der Waals surface area contributed by atoms with E-state index < -0.39 is 0 Å². The Morgan fingerprint density at radius 3 is 2.92 bits per heavy atom. The van der Waals surface area contributed by atoms with E-state index in [0.717, 1.165) is 32.3 Å². The number of carbonyl (C=O) groups excluding carboxylic acids is 1. The summed E-state index contributed by atoms with van der Waals surface area (Å²) in [5, 5.41) is 0. The van der Waals surface area contributed by atoms with Crippen LogP contribution in [0.5, 0.6) is 0 Å². The fourth-order valence-electron chi connectivity index (χ4n) is 3.54. The molecule has 0 saturated carbocycles. The van der Waals surface area contributed by atoms with Crippen molar-refractivity contribution in [2.45, 2.75) is 37.4 Å². The summed E-state index contributed by atoms with van der Waals surface area (Å²) in [5.41, 5.74) is 0.371. The molecule has 132 valence electrons. The predicted molar refractivity (Wildman–Crippen MR) is 88.9 cm³/mol. The fraction of sp³-hybridized carbons (Fsp3) is 0.667. The molecule has 0 bridgehead atoms. The smallest absolute Gasteiger partial charge is 0.272 e. The number of amides is 1. The van der Waals surface area contributed by atoms with Crippen molar-refractivity contribution in [2.75, 3.05) is 40.0 Å². The molecule has 2 aliphatic rings. The number of ether oxygens (including phenoxy) is 3. The number of hydrogen-bond donors (Lipinski definition) is 0. The quantitative estimate of drug-likeness (QED) is 0.770. The van der Waals surface area contributed by atoms with Crippen molar-refractivity contribution in [3.8, 4) is 0 Å². The summed E-state index contributed by atoms with van der Waals surface area (Å²) in [6.07, 6.45) is 5.44. The number of likely N-dealkylation sites (tertiary alicyclic amines) is 1. The highest BCUT2D eigenvalue weighted by atomic mass is 16.5. The van der Waals surface area contributed by atoms with Crippen LogP contribution in [-0.2, 0) is 14.2 Å². The van der Waals surface area contributed by atoms with Crippen LogP contribution in [0.15, 0.2) is 24.4 Å². The molecule has 6 heteroatoms. The molecule has 0 N–H and O–H groups in total. The third-order valence-corrected chi connectivity index (χ3v) is 4.93. The Morgan fingerprint density at radius 1 is 1.38 bits per heavy atom. The topological polar surface area (TPSA) is 60.9 Å². The zero-order chi connectivity index (χ0) is 16.8. The van der Waals surface area contributed by atoms with Crippen molar-refractivity contribution >= 4 is 5.91 Å². The molecule has 1 aromatic rings. The van der Waals surface area contributed by atoms with Crippen molar-refractivity contribution in [3.63, 3.8) is 0 Å². The lowest BCUT2D eigenvalue weighted by Crippen LogP contribution is -2.52. The number of pyridine rings is 1. The first-order valence-electron chi connectivity index (χ1n) is 8.67. The van der Waals surface area contributed by atoms with E-state index in [2.05, 4.69) is 4.98 Å². The lowest BCUT2D eigenvalue weighted by Gasteiger charge is -2.46. The highest BCUT2D eigenvalue weighted by Crippen LogP contribution is 2.36. The van der Waals surface area contributed by atoms with E-state index in [1.54, 1.807) is 19.4 Å². The van der Waals surface area contributed by atoms with Gasteiger partial charge in [0.1, 0.15) is 5.69 Å². The third kappa shape index (κ3) is 4.12. The van der Waals surface area contributed by atoms with Crippen molar-refractivity contribution in [1.29, 1.82) is 0 Å². The van der Waals surface area contributed by atoms with Crippen LogP contribution in [-0.4, -0.2) is 67.5 Å². The third-order valence-electron chi connectivity index (χ3n) is 4.93. The van der Waals surface area contributed by atoms with E-state index in [1.165, 1.54) is 0 Å². The Balaban J connectivity index is 1.53. The Hall–Kier alpha value is -1.50. The average Bonchev–Trinajstić information content (AvgIpc) is 2.63. The molecule has 1 atom stereocenters. The van der Waals surface area contributed by atoms with Gasteiger partial charge in [0, 0.05) is 39.4 Å². The Bertz CT molecular complexity index is 529. The first kappa shape index (κ1) is 17.3. The minimum atomic E-state index is -0.142. The monoisotopic (exact) mass is 334 g/mol. The van der Waals surface area contributed by atoms with Gasteiger partial charge in [0.25, 0.3) is 5.91 Å². The number of methoxy groups -OCH3 is 1. The molecule has 1 aromatic heterocycles. The van der Waals surface area contributed by atoms with Crippen LogP contribution >= 0.6 is 0 Å². The average molecular weight is 334 g/mol. The van der Waals surface area contributed by atoms with E-state index in [9.17, 15) is 4.79 Å². The van der Waals surface area contributed by atoms with E-state index in [1.807, 2.05) is 17.0 Å². The minimum Gasteiger partial charge on any atom is -0.382 e. The molecule has 1 unspecified atom stereocenters. The molecular formula is C18H26N2O4. The SMILES string of the molecule is COCCOC1CCOC2(CCN(C(=O)c3ccccn3)CC2)C1. The van der Waals surface area contributed by atoms with Crippen LogP contribution in [0.3, 0.4) is 0 Å². The summed E-state index contributed by atoms with van der Waals surface area (Å²) >= 11 is 0. The minimum absolute atomic E-state index is 0.00848. The molecule has 0 radical (unpaired) electrons. The number of carbonyl (C=O) groups is 1. The first-order valence-corrected chi connectivity index (χ1v) is 8.67. The molecule has 3 rings (SSSR count). The Morgan fingerprint density at radius 2 is 2.21 bits per heavy atom. The number of rotatable bonds is 5. The highest BCUT2D eigenvalue weighted by Gasteiger charge is 2.41. The van der Waals surface area contributed by atoms with Gasteiger partial charge in [-0.05, 0) is 31.4 Å². The first-order chi connectivity index (χ1) is 11.7. The summed E-state index contributed by atoms with van der Waals surface area (Å²) in [7, 11) is 1.68. The molecule has 2 aliphatic heterocycles. The van der Waals surface area contributed by atoms with Gasteiger partial charge in [-0.1, -0.05) is 6.07 Å². The van der Waals surface area contributed by atoms with E-state index in [4.69, 9.17) is 14.2 Å². The molecular weight excluding hydrogens is 308 g/mol. The molecule has 6 nitrogen and oxygen atoms in total. The number of piperidine rings is 1. The van der Waals surface area contributed by atoms with E-state index in [-0.39, 0.29) is 17.6 Å². The van der Waals surface area contributed by atoms with Crippen LogP contribution in [0.2, 0.25) is 0 Å². The maximum atomic E-state index is 12.5. The molecule has 2 saturated heterocycles. The maximum Gasteiger partial charge on any atom is 0.272 e. The summed E-state index contributed by atoms with van der Waals surface area (Å²) in [6, 6.07) is 5.43. The zero-order valence-corrected chi connectivity index (χ0v) is 14.3. The van der Waals surface area contributed by atoms with Crippen molar-refractivity contribution in [2.24, 2.45) is 0 Å². The largest absolute Gasteiger partial charge is 0.382 e. The molecule has 24 heavy (non-hydrogen) atoms. The van der Waals surface area contributed by atoms with Crippen LogP contribution < -0.4 is 0 Å². The molecule has 0 aliphatic carbocycles. The lowest BCUT2D eigenvalue weighted by molar-refractivity contribution is -0.154. The van der Waals surface area contributed by atoms with Crippen LogP contribution in [0.25, 0.3) is 0 Å². The molecule has 2 fully saturated rings. The summed E-state index contributed by atoms with van der Waals surface area (Å²) in [5.74, 6) is 0.00848. The highest BCUT2D eigenvalue weighted by molar-refractivity contribution is 5.92. The van der Waals surface area contributed by atoms with Crippen molar-refractivity contribution in [3.05, 3.63) is 30.1 Å². The molecule has 1 spiro atoms. The summed E-state index contributed by atoms with van der Waals surface area (Å²) in [4.78, 5) is 18.5. The van der Waals surface area contributed by atoms with Gasteiger partial charge in [-0.3, -0.25) is 9.78 Å². The van der Waals surface area contributed by atoms with Gasteiger partial charge < -0.3 is 19.1 Å². The normalized spacial score (nSPS) is 23.4. The van der Waals surface area contributed by atoms with Crippen LogP contribution in [0.4, 0.5) is 0 Å². The lowest BCUT2D eigenvalue weighted by atomic mass is 9.83. The second kappa shape index (κ2) is 8.05. The van der Waals surface area contributed by atoms with Gasteiger partial charge in [-0.15, -0.1) is 0 Å². The van der Waals surface area contributed by atoms with Crippen LogP contribution in [0.1, 0.15) is 36.2 Å². The molecule has 3 heterocycles. The zero-order valence-electron chi connectivity index (χ0n) is 14.3. The van der Waals surface area contributed by atoms with Gasteiger partial charge in [0.15, 0.2) is 0 Å². The van der Waals surface area contributed by atoms with Crippen molar-refractivity contribution in [1.82, 2.24) is 9.88 Å². The number of aromatic nitrogens is 1. The van der Waals surface area contributed by atoms with Crippen LogP contribution in [0, 0.1) is 0 Å². The standard InChI is InChI=1S/C18H26N2O4/c1-22-12-13-23-15-5-11-24-18(14-15)6-9-20(10-7-18)17(21)16-4-2-3-8-19-16/h2-4,8,15H,5-7,9-14H2,1H3. The van der Waals surface area contributed by atoms with Gasteiger partial charge >= 0.3 is 0 Å². The number of nitrogens with zero attached hydrogens (tertiary/aromatic N) is 2. The summed E-state index contributed by atoms with van der Waals surface area (Å²) < 4.78 is 17.1. The number of hydrogen-bond acceptors (Lipinski definition) is 5. The second-order valence-corrected chi connectivity index (χ2v) is 6.52. The van der Waals surface area contributed by atoms with E-state index in [0.29, 0.717) is 32.0 Å². The molecule has 1 amide bonds. The molecule has 0 aromatic carbocycles. The van der Waals surface area contributed by atoms with Gasteiger partial charge in [-0.2, -0.15) is 0 Å².